The SMILES string of the molecule is COc1cc(F)c([N+](=O)[O-])c(N2CCCN(Cc3cn4cc(Cl)ccc4n3)CC2)c1. The first-order chi connectivity index (χ1) is 14.4. The Morgan fingerprint density at radius 3 is 2.83 bits per heavy atom. The number of methoxy groups -OCH3 is 1. The number of benzene rings is 1. The van der Waals surface area contributed by atoms with E-state index in [1.165, 1.54) is 13.2 Å². The Labute approximate surface area is 177 Å². The first-order valence-electron chi connectivity index (χ1n) is 9.57. The minimum Gasteiger partial charge on any atom is -0.497 e. The lowest BCUT2D eigenvalue weighted by Gasteiger charge is -2.23. The number of nitro groups is 1. The monoisotopic (exact) mass is 433 g/mol. The summed E-state index contributed by atoms with van der Waals surface area (Å²) in [5.74, 6) is -0.628. The van der Waals surface area contributed by atoms with Crippen molar-refractivity contribution in [2.75, 3.05) is 38.2 Å². The summed E-state index contributed by atoms with van der Waals surface area (Å²) < 4.78 is 21.3. The van der Waals surface area contributed by atoms with Gasteiger partial charge in [0.2, 0.25) is 5.82 Å². The van der Waals surface area contributed by atoms with E-state index in [-0.39, 0.29) is 11.4 Å². The van der Waals surface area contributed by atoms with Crippen LogP contribution in [0.25, 0.3) is 5.65 Å². The molecule has 1 aliphatic heterocycles. The fraction of sp³-hybridized carbons (Fsp3) is 0.350. The normalized spacial score (nSPS) is 15.4. The number of pyridine rings is 1. The molecule has 158 valence electrons. The van der Waals surface area contributed by atoms with E-state index in [4.69, 9.17) is 16.3 Å². The molecule has 10 heteroatoms. The summed E-state index contributed by atoms with van der Waals surface area (Å²) in [4.78, 5) is 19.5. The highest BCUT2D eigenvalue weighted by atomic mass is 35.5. The summed E-state index contributed by atoms with van der Waals surface area (Å²) in [5.41, 5.74) is 1.49. The Kier molecular flexibility index (Phi) is 5.74. The van der Waals surface area contributed by atoms with Gasteiger partial charge in [-0.15, -0.1) is 0 Å². The Morgan fingerprint density at radius 2 is 2.07 bits per heavy atom. The van der Waals surface area contributed by atoms with Gasteiger partial charge < -0.3 is 14.0 Å². The lowest BCUT2D eigenvalue weighted by Crippen LogP contribution is -2.31. The molecule has 0 aliphatic carbocycles. The lowest BCUT2D eigenvalue weighted by atomic mass is 10.2. The number of ether oxygens (including phenoxy) is 1. The molecule has 0 bridgehead atoms. The summed E-state index contributed by atoms with van der Waals surface area (Å²) in [6.45, 7) is 3.26. The maximum absolute atomic E-state index is 14.3. The minimum absolute atomic E-state index is 0.251. The Morgan fingerprint density at radius 1 is 1.23 bits per heavy atom. The van der Waals surface area contributed by atoms with Crippen molar-refractivity contribution in [3.8, 4) is 5.75 Å². The Hall–Kier alpha value is -2.91. The quantitative estimate of drug-likeness (QED) is 0.450. The largest absolute Gasteiger partial charge is 0.497 e. The van der Waals surface area contributed by atoms with E-state index in [0.29, 0.717) is 31.2 Å². The van der Waals surface area contributed by atoms with Crippen LogP contribution >= 0.6 is 11.6 Å². The third kappa shape index (κ3) is 4.17. The van der Waals surface area contributed by atoms with Crippen LogP contribution in [-0.2, 0) is 6.54 Å². The molecule has 3 heterocycles. The summed E-state index contributed by atoms with van der Waals surface area (Å²) >= 11 is 6.04. The predicted molar refractivity (Wildman–Crippen MR) is 112 cm³/mol. The lowest BCUT2D eigenvalue weighted by molar-refractivity contribution is -0.386. The summed E-state index contributed by atoms with van der Waals surface area (Å²) in [6, 6.07) is 6.24. The zero-order chi connectivity index (χ0) is 21.3. The molecule has 1 fully saturated rings. The van der Waals surface area contributed by atoms with E-state index in [2.05, 4.69) is 9.88 Å². The molecular weight excluding hydrogens is 413 g/mol. The zero-order valence-corrected chi connectivity index (χ0v) is 17.2. The number of hydrogen-bond acceptors (Lipinski definition) is 6. The molecule has 1 saturated heterocycles. The smallest absolute Gasteiger partial charge is 0.328 e. The molecule has 3 aromatic rings. The van der Waals surface area contributed by atoms with Gasteiger partial charge in [0.15, 0.2) is 0 Å². The first kappa shape index (κ1) is 20.4. The number of halogens is 2. The standard InChI is InChI=1S/C20H21ClFN5O3/c1-30-16-9-17(22)20(27(28)29)18(10-16)25-6-2-5-24(7-8-25)12-15-13-26-11-14(21)3-4-19(26)23-15/h3-4,9-11,13H,2,5-8,12H2,1H3. The highest BCUT2D eigenvalue weighted by Crippen LogP contribution is 2.35. The van der Waals surface area contributed by atoms with Crippen molar-refractivity contribution in [2.45, 2.75) is 13.0 Å². The summed E-state index contributed by atoms with van der Waals surface area (Å²) in [7, 11) is 1.41. The molecule has 0 spiro atoms. The summed E-state index contributed by atoms with van der Waals surface area (Å²) in [5, 5.41) is 12.1. The number of aromatic nitrogens is 2. The van der Waals surface area contributed by atoms with Crippen molar-refractivity contribution in [3.63, 3.8) is 0 Å². The second kappa shape index (κ2) is 8.45. The van der Waals surface area contributed by atoms with Crippen molar-refractivity contribution in [2.24, 2.45) is 0 Å². The Balaban J connectivity index is 1.51. The van der Waals surface area contributed by atoms with E-state index in [1.807, 2.05) is 27.8 Å². The highest BCUT2D eigenvalue weighted by Gasteiger charge is 2.27. The molecule has 0 unspecified atom stereocenters. The van der Waals surface area contributed by atoms with Crippen LogP contribution in [0.5, 0.6) is 5.75 Å². The van der Waals surface area contributed by atoms with Crippen LogP contribution in [-0.4, -0.2) is 52.5 Å². The molecule has 30 heavy (non-hydrogen) atoms. The molecule has 0 N–H and O–H groups in total. The van der Waals surface area contributed by atoms with Crippen molar-refractivity contribution in [1.82, 2.24) is 14.3 Å². The molecule has 1 aliphatic rings. The minimum atomic E-state index is -0.890. The maximum Gasteiger partial charge on any atom is 0.328 e. The van der Waals surface area contributed by atoms with Crippen LogP contribution < -0.4 is 9.64 Å². The van der Waals surface area contributed by atoms with Crippen LogP contribution in [0.1, 0.15) is 12.1 Å². The van der Waals surface area contributed by atoms with Crippen LogP contribution in [0.15, 0.2) is 36.7 Å². The predicted octanol–water partition coefficient (Wildman–Crippen LogP) is 3.76. The van der Waals surface area contributed by atoms with E-state index in [1.54, 1.807) is 6.07 Å². The van der Waals surface area contributed by atoms with Gasteiger partial charge in [0, 0.05) is 57.3 Å². The molecule has 4 rings (SSSR count). The molecule has 0 amide bonds. The second-order valence-corrected chi connectivity index (χ2v) is 7.63. The zero-order valence-electron chi connectivity index (χ0n) is 16.4. The fourth-order valence-corrected chi connectivity index (χ4v) is 3.96. The van der Waals surface area contributed by atoms with Crippen molar-refractivity contribution in [1.29, 1.82) is 0 Å². The van der Waals surface area contributed by atoms with Crippen LogP contribution in [0.4, 0.5) is 15.8 Å². The molecule has 0 radical (unpaired) electrons. The topological polar surface area (TPSA) is 76.2 Å². The van der Waals surface area contributed by atoms with Gasteiger partial charge in [0.05, 0.1) is 22.7 Å². The first-order valence-corrected chi connectivity index (χ1v) is 9.95. The number of nitrogens with zero attached hydrogens (tertiary/aromatic N) is 5. The summed E-state index contributed by atoms with van der Waals surface area (Å²) in [6.07, 6.45) is 4.55. The number of fused-ring (bicyclic) bond motifs is 1. The Bertz CT molecular complexity index is 1090. The molecule has 2 aromatic heterocycles. The van der Waals surface area contributed by atoms with E-state index < -0.39 is 16.4 Å². The number of anilines is 1. The fourth-order valence-electron chi connectivity index (χ4n) is 3.79. The van der Waals surface area contributed by atoms with Gasteiger partial charge in [-0.25, -0.2) is 4.98 Å². The third-order valence-electron chi connectivity index (χ3n) is 5.21. The highest BCUT2D eigenvalue weighted by molar-refractivity contribution is 6.30. The molecule has 0 atom stereocenters. The molecular formula is C20H21ClFN5O3. The third-order valence-corrected chi connectivity index (χ3v) is 5.44. The van der Waals surface area contributed by atoms with E-state index in [9.17, 15) is 14.5 Å². The van der Waals surface area contributed by atoms with Gasteiger partial charge in [-0.1, -0.05) is 11.6 Å². The van der Waals surface area contributed by atoms with Crippen molar-refractivity contribution in [3.05, 3.63) is 63.3 Å². The van der Waals surface area contributed by atoms with Crippen LogP contribution in [0.3, 0.4) is 0 Å². The van der Waals surface area contributed by atoms with Crippen molar-refractivity contribution < 1.29 is 14.1 Å². The van der Waals surface area contributed by atoms with Gasteiger partial charge in [-0.2, -0.15) is 4.39 Å². The maximum atomic E-state index is 14.3. The van der Waals surface area contributed by atoms with Gasteiger partial charge >= 0.3 is 5.69 Å². The van der Waals surface area contributed by atoms with Gasteiger partial charge in [-0.3, -0.25) is 15.0 Å². The molecule has 1 aromatic carbocycles. The second-order valence-electron chi connectivity index (χ2n) is 7.20. The van der Waals surface area contributed by atoms with Gasteiger partial charge in [-0.05, 0) is 18.6 Å². The number of imidazole rings is 1. The average Bonchev–Trinajstić information content (AvgIpc) is 2.94. The number of hydrogen-bond donors (Lipinski definition) is 0. The molecule has 0 saturated carbocycles. The van der Waals surface area contributed by atoms with Gasteiger partial charge in [0.25, 0.3) is 0 Å². The van der Waals surface area contributed by atoms with Gasteiger partial charge in [0.1, 0.15) is 17.1 Å². The average molecular weight is 434 g/mol. The number of rotatable bonds is 5. The van der Waals surface area contributed by atoms with Crippen LogP contribution in [0.2, 0.25) is 5.02 Å². The van der Waals surface area contributed by atoms with Crippen molar-refractivity contribution >= 4 is 28.6 Å². The van der Waals surface area contributed by atoms with E-state index in [0.717, 1.165) is 30.4 Å². The van der Waals surface area contributed by atoms with Crippen LogP contribution in [0, 0.1) is 15.9 Å². The molecule has 8 nitrogen and oxygen atoms in total. The van der Waals surface area contributed by atoms with E-state index >= 15 is 0 Å². The number of nitro benzene ring substituents is 1.